The molecule has 0 aliphatic heterocycles. The maximum atomic E-state index is 12.5. The Morgan fingerprint density at radius 3 is 2.76 bits per heavy atom. The molecule has 0 atom stereocenters. The van der Waals surface area contributed by atoms with Crippen molar-refractivity contribution in [1.29, 1.82) is 0 Å². The van der Waals surface area contributed by atoms with Crippen molar-refractivity contribution in [1.82, 2.24) is 14.9 Å². The average Bonchev–Trinajstić information content (AvgIpc) is 3.33. The first-order valence-corrected chi connectivity index (χ1v) is 9.56. The first kappa shape index (κ1) is 19.2. The highest BCUT2D eigenvalue weighted by atomic mass is 35.5. The van der Waals surface area contributed by atoms with Gasteiger partial charge in [-0.3, -0.25) is 9.48 Å². The molecule has 1 amide bonds. The fourth-order valence-electron chi connectivity index (χ4n) is 2.86. The highest BCUT2D eigenvalue weighted by molar-refractivity contribution is 6.36. The van der Waals surface area contributed by atoms with Crippen molar-refractivity contribution in [2.24, 2.45) is 0 Å². The lowest BCUT2D eigenvalue weighted by molar-refractivity contribution is 0.101. The van der Waals surface area contributed by atoms with Gasteiger partial charge in [-0.2, -0.15) is 5.10 Å². The molecule has 1 N–H and O–H groups in total. The molecule has 146 valence electrons. The van der Waals surface area contributed by atoms with Gasteiger partial charge in [0.15, 0.2) is 17.3 Å². The molecule has 0 spiro atoms. The van der Waals surface area contributed by atoms with Crippen LogP contribution >= 0.6 is 23.2 Å². The molecule has 0 unspecified atom stereocenters. The van der Waals surface area contributed by atoms with Crippen LogP contribution in [0, 0.1) is 6.92 Å². The fraction of sp³-hybridized carbons (Fsp3) is 0.0952. The van der Waals surface area contributed by atoms with E-state index in [4.69, 9.17) is 27.7 Å². The normalized spacial score (nSPS) is 10.9. The second-order valence-electron chi connectivity index (χ2n) is 6.48. The standard InChI is InChI=1S/C21H16Cl2N4O2/c1-13-4-2-3-5-14(13)12-27-9-8-20(25-27)24-21(28)18-11-19(29-26-18)16-7-6-15(22)10-17(16)23/h2-11H,12H2,1H3,(H,24,25,28). The largest absolute Gasteiger partial charge is 0.355 e. The van der Waals surface area contributed by atoms with Gasteiger partial charge in [-0.25, -0.2) is 0 Å². The van der Waals surface area contributed by atoms with Crippen LogP contribution in [0.15, 0.2) is 65.3 Å². The molecule has 2 aromatic heterocycles. The smallest absolute Gasteiger partial charge is 0.279 e. The van der Waals surface area contributed by atoms with Gasteiger partial charge in [0.2, 0.25) is 0 Å². The van der Waals surface area contributed by atoms with Gasteiger partial charge >= 0.3 is 0 Å². The highest BCUT2D eigenvalue weighted by Crippen LogP contribution is 2.30. The third-order valence-corrected chi connectivity index (χ3v) is 4.96. The summed E-state index contributed by atoms with van der Waals surface area (Å²) < 4.78 is 7.03. The number of nitrogens with one attached hydrogen (secondary N) is 1. The van der Waals surface area contributed by atoms with Crippen LogP contribution < -0.4 is 5.32 Å². The summed E-state index contributed by atoms with van der Waals surface area (Å²) in [5, 5.41) is 11.9. The second-order valence-corrected chi connectivity index (χ2v) is 7.32. The van der Waals surface area contributed by atoms with E-state index in [0.717, 1.165) is 5.56 Å². The minimum absolute atomic E-state index is 0.125. The topological polar surface area (TPSA) is 73.0 Å². The molecule has 2 heterocycles. The predicted octanol–water partition coefficient (Wildman–Crippen LogP) is 5.45. The van der Waals surface area contributed by atoms with E-state index in [1.165, 1.54) is 11.6 Å². The number of hydrogen-bond acceptors (Lipinski definition) is 4. The summed E-state index contributed by atoms with van der Waals surface area (Å²) >= 11 is 12.1. The van der Waals surface area contributed by atoms with Gasteiger partial charge in [0.05, 0.1) is 11.6 Å². The Bertz CT molecular complexity index is 1180. The predicted molar refractivity (Wildman–Crippen MR) is 112 cm³/mol. The monoisotopic (exact) mass is 426 g/mol. The minimum atomic E-state index is -0.425. The summed E-state index contributed by atoms with van der Waals surface area (Å²) in [6, 6.07) is 16.3. The van der Waals surface area contributed by atoms with E-state index in [9.17, 15) is 4.79 Å². The lowest BCUT2D eigenvalue weighted by atomic mass is 10.1. The number of aryl methyl sites for hydroxylation is 1. The van der Waals surface area contributed by atoms with Crippen LogP contribution in [0.4, 0.5) is 5.82 Å². The van der Waals surface area contributed by atoms with E-state index < -0.39 is 5.91 Å². The molecule has 0 saturated carbocycles. The summed E-state index contributed by atoms with van der Waals surface area (Å²) in [6.07, 6.45) is 1.81. The van der Waals surface area contributed by atoms with E-state index in [2.05, 4.69) is 28.6 Å². The van der Waals surface area contributed by atoms with Gasteiger partial charge in [0.25, 0.3) is 5.91 Å². The van der Waals surface area contributed by atoms with E-state index in [-0.39, 0.29) is 5.69 Å². The van der Waals surface area contributed by atoms with Crippen LogP contribution in [0.5, 0.6) is 0 Å². The number of hydrogen-bond donors (Lipinski definition) is 1. The lowest BCUT2D eigenvalue weighted by Gasteiger charge is -2.05. The highest BCUT2D eigenvalue weighted by Gasteiger charge is 2.16. The molecule has 8 heteroatoms. The van der Waals surface area contributed by atoms with E-state index in [1.54, 1.807) is 28.9 Å². The quantitative estimate of drug-likeness (QED) is 0.460. The molecule has 6 nitrogen and oxygen atoms in total. The Morgan fingerprint density at radius 2 is 1.97 bits per heavy atom. The van der Waals surface area contributed by atoms with Crippen molar-refractivity contribution in [2.75, 3.05) is 5.32 Å². The number of nitrogens with zero attached hydrogens (tertiary/aromatic N) is 3. The summed E-state index contributed by atoms with van der Waals surface area (Å²) in [5.41, 5.74) is 3.07. The summed E-state index contributed by atoms with van der Waals surface area (Å²) in [5.74, 6) is 0.380. The molecule has 0 aliphatic rings. The van der Waals surface area contributed by atoms with E-state index >= 15 is 0 Å². The Kier molecular flexibility index (Phi) is 5.38. The Labute approximate surface area is 177 Å². The van der Waals surface area contributed by atoms with Crippen LogP contribution in [0.25, 0.3) is 11.3 Å². The molecule has 0 radical (unpaired) electrons. The minimum Gasteiger partial charge on any atom is -0.355 e. The Hall–Kier alpha value is -3.09. The zero-order chi connectivity index (χ0) is 20.4. The Balaban J connectivity index is 1.46. The molecule has 0 fully saturated rings. The van der Waals surface area contributed by atoms with Gasteiger partial charge in [-0.15, -0.1) is 0 Å². The number of rotatable bonds is 5. The van der Waals surface area contributed by atoms with Gasteiger partial charge in [0, 0.05) is 28.9 Å². The molecule has 4 aromatic rings. The zero-order valence-corrected chi connectivity index (χ0v) is 16.9. The maximum Gasteiger partial charge on any atom is 0.279 e. The number of carbonyl (C=O) groups excluding carboxylic acids is 1. The van der Waals surface area contributed by atoms with E-state index in [0.29, 0.717) is 33.7 Å². The molecule has 0 saturated heterocycles. The number of benzene rings is 2. The van der Waals surface area contributed by atoms with Crippen LogP contribution in [-0.4, -0.2) is 20.8 Å². The first-order chi connectivity index (χ1) is 14.0. The number of aromatic nitrogens is 3. The zero-order valence-electron chi connectivity index (χ0n) is 15.4. The molecular formula is C21H16Cl2N4O2. The van der Waals surface area contributed by atoms with Crippen LogP contribution in [-0.2, 0) is 6.54 Å². The van der Waals surface area contributed by atoms with E-state index in [1.807, 2.05) is 24.4 Å². The molecule has 0 aliphatic carbocycles. The van der Waals surface area contributed by atoms with Crippen molar-refractivity contribution in [3.63, 3.8) is 0 Å². The number of halogens is 2. The average molecular weight is 427 g/mol. The molecular weight excluding hydrogens is 411 g/mol. The lowest BCUT2D eigenvalue weighted by Crippen LogP contribution is -2.13. The molecule has 4 rings (SSSR count). The fourth-order valence-corrected chi connectivity index (χ4v) is 3.36. The van der Waals surface area contributed by atoms with Crippen molar-refractivity contribution >= 4 is 34.9 Å². The van der Waals surface area contributed by atoms with Crippen LogP contribution in [0.3, 0.4) is 0 Å². The third kappa shape index (κ3) is 4.34. The van der Waals surface area contributed by atoms with Gasteiger partial charge in [-0.1, -0.05) is 52.6 Å². The van der Waals surface area contributed by atoms with Crippen molar-refractivity contribution in [2.45, 2.75) is 13.5 Å². The number of amides is 1. The van der Waals surface area contributed by atoms with Gasteiger partial charge < -0.3 is 9.84 Å². The maximum absolute atomic E-state index is 12.5. The SMILES string of the molecule is Cc1ccccc1Cn1ccc(NC(=O)c2cc(-c3ccc(Cl)cc3Cl)on2)n1. The van der Waals surface area contributed by atoms with Crippen molar-refractivity contribution in [3.05, 3.63) is 87.7 Å². The molecule has 2 aromatic carbocycles. The second kappa shape index (κ2) is 8.11. The van der Waals surface area contributed by atoms with Crippen LogP contribution in [0.1, 0.15) is 21.6 Å². The molecule has 0 bridgehead atoms. The Morgan fingerprint density at radius 1 is 1.14 bits per heavy atom. The molecule has 29 heavy (non-hydrogen) atoms. The summed E-state index contributed by atoms with van der Waals surface area (Å²) in [6.45, 7) is 2.67. The van der Waals surface area contributed by atoms with Crippen molar-refractivity contribution in [3.8, 4) is 11.3 Å². The number of carbonyl (C=O) groups is 1. The van der Waals surface area contributed by atoms with Gasteiger partial charge in [0.1, 0.15) is 0 Å². The first-order valence-electron chi connectivity index (χ1n) is 8.81. The van der Waals surface area contributed by atoms with Gasteiger partial charge in [-0.05, 0) is 36.2 Å². The summed E-state index contributed by atoms with van der Waals surface area (Å²) in [7, 11) is 0. The number of anilines is 1. The van der Waals surface area contributed by atoms with Crippen LogP contribution in [0.2, 0.25) is 10.0 Å². The third-order valence-electron chi connectivity index (χ3n) is 4.42. The summed E-state index contributed by atoms with van der Waals surface area (Å²) in [4.78, 5) is 12.5. The van der Waals surface area contributed by atoms with Crippen molar-refractivity contribution < 1.29 is 9.32 Å².